The topological polar surface area (TPSA) is 49.4 Å². The Balaban J connectivity index is 1.60. The van der Waals surface area contributed by atoms with Crippen molar-refractivity contribution < 1.29 is 9.59 Å². The minimum atomic E-state index is -0.285. The minimum absolute atomic E-state index is 0.00639. The van der Waals surface area contributed by atoms with Crippen LogP contribution in [-0.4, -0.2) is 18.4 Å². The van der Waals surface area contributed by atoms with Crippen LogP contribution >= 0.6 is 0 Å². The van der Waals surface area contributed by atoms with Crippen molar-refractivity contribution in [1.82, 2.24) is 5.32 Å². The predicted molar refractivity (Wildman–Crippen MR) is 89.9 cm³/mol. The zero-order valence-corrected chi connectivity index (χ0v) is 13.2. The molecule has 118 valence electrons. The highest BCUT2D eigenvalue weighted by molar-refractivity contribution is 6.00. The predicted octanol–water partition coefficient (Wildman–Crippen LogP) is 2.66. The second-order valence-electron chi connectivity index (χ2n) is 5.95. The van der Waals surface area contributed by atoms with Crippen LogP contribution in [0, 0.1) is 12.8 Å². The van der Waals surface area contributed by atoms with Gasteiger partial charge in [0.1, 0.15) is 0 Å². The van der Waals surface area contributed by atoms with Gasteiger partial charge in [-0.2, -0.15) is 0 Å². The molecule has 0 aromatic heterocycles. The molecule has 0 saturated carbocycles. The van der Waals surface area contributed by atoms with E-state index in [1.165, 1.54) is 5.56 Å². The SMILES string of the molecule is Cc1cccc(CNC(=O)C2CC(=O)N(c3ccccc3)C2)c1. The first kappa shape index (κ1) is 15.3. The van der Waals surface area contributed by atoms with Crippen molar-refractivity contribution in [3.05, 3.63) is 65.7 Å². The van der Waals surface area contributed by atoms with E-state index in [0.717, 1.165) is 11.3 Å². The van der Waals surface area contributed by atoms with Gasteiger partial charge < -0.3 is 10.2 Å². The molecule has 0 aliphatic carbocycles. The molecule has 1 saturated heterocycles. The molecule has 4 heteroatoms. The van der Waals surface area contributed by atoms with Gasteiger partial charge in [-0.1, -0.05) is 48.0 Å². The molecule has 2 aromatic carbocycles. The van der Waals surface area contributed by atoms with Crippen LogP contribution < -0.4 is 10.2 Å². The summed E-state index contributed by atoms with van der Waals surface area (Å²) in [6, 6.07) is 17.5. The first-order chi connectivity index (χ1) is 11.1. The number of benzene rings is 2. The van der Waals surface area contributed by atoms with Crippen LogP contribution in [0.25, 0.3) is 0 Å². The van der Waals surface area contributed by atoms with Crippen LogP contribution in [0.4, 0.5) is 5.69 Å². The summed E-state index contributed by atoms with van der Waals surface area (Å²) in [5, 5.41) is 2.94. The summed E-state index contributed by atoms with van der Waals surface area (Å²) in [4.78, 5) is 26.2. The van der Waals surface area contributed by atoms with E-state index in [1.807, 2.05) is 55.5 Å². The molecule has 0 radical (unpaired) electrons. The Morgan fingerprint density at radius 2 is 1.96 bits per heavy atom. The Morgan fingerprint density at radius 1 is 1.17 bits per heavy atom. The second kappa shape index (κ2) is 6.65. The van der Waals surface area contributed by atoms with Crippen LogP contribution in [0.5, 0.6) is 0 Å². The number of carbonyl (C=O) groups excluding carboxylic acids is 2. The Bertz CT molecular complexity index is 712. The van der Waals surface area contributed by atoms with Crippen LogP contribution in [0.3, 0.4) is 0 Å². The number of rotatable bonds is 4. The Labute approximate surface area is 136 Å². The average molecular weight is 308 g/mol. The van der Waals surface area contributed by atoms with Crippen molar-refractivity contribution in [2.45, 2.75) is 19.9 Å². The number of para-hydroxylation sites is 1. The summed E-state index contributed by atoms with van der Waals surface area (Å²) in [5.41, 5.74) is 3.09. The van der Waals surface area contributed by atoms with E-state index in [-0.39, 0.29) is 24.2 Å². The Hall–Kier alpha value is -2.62. The third-order valence-corrected chi connectivity index (χ3v) is 4.11. The van der Waals surface area contributed by atoms with Gasteiger partial charge in [-0.05, 0) is 24.6 Å². The van der Waals surface area contributed by atoms with Gasteiger partial charge in [-0.3, -0.25) is 9.59 Å². The molecule has 3 rings (SSSR count). The third-order valence-electron chi connectivity index (χ3n) is 4.11. The van der Waals surface area contributed by atoms with E-state index in [9.17, 15) is 9.59 Å². The maximum absolute atomic E-state index is 12.3. The lowest BCUT2D eigenvalue weighted by Crippen LogP contribution is -2.32. The van der Waals surface area contributed by atoms with Crippen molar-refractivity contribution in [1.29, 1.82) is 0 Å². The first-order valence-corrected chi connectivity index (χ1v) is 7.82. The summed E-state index contributed by atoms with van der Waals surface area (Å²) in [7, 11) is 0. The number of hydrogen-bond acceptors (Lipinski definition) is 2. The number of aryl methyl sites for hydroxylation is 1. The van der Waals surface area contributed by atoms with Crippen LogP contribution in [0.15, 0.2) is 54.6 Å². The molecule has 1 heterocycles. The monoisotopic (exact) mass is 308 g/mol. The quantitative estimate of drug-likeness (QED) is 0.944. The average Bonchev–Trinajstić information content (AvgIpc) is 2.95. The highest BCUT2D eigenvalue weighted by Gasteiger charge is 2.34. The minimum Gasteiger partial charge on any atom is -0.352 e. The maximum atomic E-state index is 12.3. The fraction of sp³-hybridized carbons (Fsp3) is 0.263. The molecule has 2 amide bonds. The van der Waals surface area contributed by atoms with Crippen LogP contribution in [0.2, 0.25) is 0 Å². The molecule has 1 atom stereocenters. The Morgan fingerprint density at radius 3 is 2.70 bits per heavy atom. The first-order valence-electron chi connectivity index (χ1n) is 7.82. The molecule has 1 fully saturated rings. The number of carbonyl (C=O) groups is 2. The van der Waals surface area contributed by atoms with E-state index in [2.05, 4.69) is 11.4 Å². The lowest BCUT2D eigenvalue weighted by atomic mass is 10.1. The number of nitrogens with zero attached hydrogens (tertiary/aromatic N) is 1. The fourth-order valence-corrected chi connectivity index (χ4v) is 2.90. The summed E-state index contributed by atoms with van der Waals surface area (Å²) in [5.74, 6) is -0.335. The lowest BCUT2D eigenvalue weighted by Gasteiger charge is -2.16. The van der Waals surface area contributed by atoms with Crippen molar-refractivity contribution in [3.8, 4) is 0 Å². The van der Waals surface area contributed by atoms with E-state index in [0.29, 0.717) is 13.1 Å². The number of anilines is 1. The van der Waals surface area contributed by atoms with E-state index in [1.54, 1.807) is 4.90 Å². The van der Waals surface area contributed by atoms with Crippen LogP contribution in [-0.2, 0) is 16.1 Å². The molecule has 1 aliphatic rings. The molecule has 2 aromatic rings. The second-order valence-corrected chi connectivity index (χ2v) is 5.95. The van der Waals surface area contributed by atoms with Gasteiger partial charge in [0.05, 0.1) is 5.92 Å². The van der Waals surface area contributed by atoms with Crippen molar-refractivity contribution >= 4 is 17.5 Å². The van der Waals surface area contributed by atoms with Gasteiger partial charge in [-0.15, -0.1) is 0 Å². The molecule has 1 aliphatic heterocycles. The molecule has 23 heavy (non-hydrogen) atoms. The number of amides is 2. The van der Waals surface area contributed by atoms with Crippen molar-refractivity contribution in [2.24, 2.45) is 5.92 Å². The highest BCUT2D eigenvalue weighted by Crippen LogP contribution is 2.24. The Kier molecular flexibility index (Phi) is 4.42. The van der Waals surface area contributed by atoms with Crippen LogP contribution in [0.1, 0.15) is 17.5 Å². The molecule has 0 bridgehead atoms. The summed E-state index contributed by atoms with van der Waals surface area (Å²) in [6.07, 6.45) is 0.272. The maximum Gasteiger partial charge on any atom is 0.227 e. The summed E-state index contributed by atoms with van der Waals surface area (Å²) < 4.78 is 0. The molecule has 1 unspecified atom stereocenters. The largest absolute Gasteiger partial charge is 0.352 e. The summed E-state index contributed by atoms with van der Waals surface area (Å²) in [6.45, 7) is 2.97. The van der Waals surface area contributed by atoms with E-state index in [4.69, 9.17) is 0 Å². The van der Waals surface area contributed by atoms with E-state index >= 15 is 0 Å². The van der Waals surface area contributed by atoms with Gasteiger partial charge in [0.2, 0.25) is 11.8 Å². The van der Waals surface area contributed by atoms with Gasteiger partial charge in [-0.25, -0.2) is 0 Å². The van der Waals surface area contributed by atoms with Crippen molar-refractivity contribution in [3.63, 3.8) is 0 Å². The van der Waals surface area contributed by atoms with Gasteiger partial charge in [0.25, 0.3) is 0 Å². The fourth-order valence-electron chi connectivity index (χ4n) is 2.90. The van der Waals surface area contributed by atoms with E-state index < -0.39 is 0 Å². The standard InChI is InChI=1S/C19H20N2O2/c1-14-6-5-7-15(10-14)12-20-19(23)16-11-18(22)21(13-16)17-8-3-2-4-9-17/h2-10,16H,11-13H2,1H3,(H,20,23). The highest BCUT2D eigenvalue weighted by atomic mass is 16.2. The van der Waals surface area contributed by atoms with Crippen molar-refractivity contribution in [2.75, 3.05) is 11.4 Å². The molecule has 1 N–H and O–H groups in total. The number of hydrogen-bond donors (Lipinski definition) is 1. The molecular weight excluding hydrogens is 288 g/mol. The zero-order valence-electron chi connectivity index (χ0n) is 13.2. The third kappa shape index (κ3) is 3.59. The zero-order chi connectivity index (χ0) is 16.2. The van der Waals surface area contributed by atoms with Gasteiger partial charge in [0.15, 0.2) is 0 Å². The van der Waals surface area contributed by atoms with Gasteiger partial charge in [0, 0.05) is 25.2 Å². The molecular formula is C19H20N2O2. The number of nitrogens with one attached hydrogen (secondary N) is 1. The smallest absolute Gasteiger partial charge is 0.227 e. The van der Waals surface area contributed by atoms with Gasteiger partial charge >= 0.3 is 0 Å². The lowest BCUT2D eigenvalue weighted by molar-refractivity contribution is -0.126. The molecule has 4 nitrogen and oxygen atoms in total. The molecule has 0 spiro atoms. The normalized spacial score (nSPS) is 17.3. The summed E-state index contributed by atoms with van der Waals surface area (Å²) >= 11 is 0.